The fourth-order valence-corrected chi connectivity index (χ4v) is 2.42. The molecule has 5 N–H and O–H groups in total. The van der Waals surface area contributed by atoms with Crippen LogP contribution in [0.1, 0.15) is 6.23 Å². The maximum atomic E-state index is 11.6. The molecule has 1 saturated heterocycles. The quantitative estimate of drug-likeness (QED) is 0.371. The Bertz CT molecular complexity index is 668. The third-order valence-corrected chi connectivity index (χ3v) is 3.67. The molecule has 0 aromatic carbocycles. The Morgan fingerprint density at radius 1 is 1.38 bits per heavy atom. The van der Waals surface area contributed by atoms with E-state index < -0.39 is 49.1 Å². The molecule has 0 saturated carbocycles. The van der Waals surface area contributed by atoms with Gasteiger partial charge in [-0.3, -0.25) is 14.3 Å². The lowest BCUT2D eigenvalue weighted by Gasteiger charge is -2.17. The average molecular weight is 340 g/mol. The third kappa shape index (κ3) is 3.84. The normalized spacial score (nSPS) is 29.7. The topological polar surface area (TPSA) is 154 Å². The molecular weight excluding hydrogens is 327 g/mol. The molecular formula is C9H13N2O8PS. The van der Waals surface area contributed by atoms with Crippen molar-refractivity contribution in [2.75, 3.05) is 6.61 Å². The maximum Gasteiger partial charge on any atom is 0.330 e. The Morgan fingerprint density at radius 2 is 2.05 bits per heavy atom. The van der Waals surface area contributed by atoms with Crippen molar-refractivity contribution in [2.24, 2.45) is 0 Å². The van der Waals surface area contributed by atoms with Gasteiger partial charge in [0.2, 0.25) is 0 Å². The summed E-state index contributed by atoms with van der Waals surface area (Å²) in [6.45, 7) is -4.40. The van der Waals surface area contributed by atoms with E-state index in [0.29, 0.717) is 0 Å². The SMILES string of the molecule is O=c1ccn([C@@H]2O[C@H](COP(O)(O)=S)[C@@H](O)[C@H]2O)c(=O)[nH]1. The zero-order valence-corrected chi connectivity index (χ0v) is 12.1. The molecule has 0 aliphatic carbocycles. The van der Waals surface area contributed by atoms with Crippen molar-refractivity contribution in [3.8, 4) is 0 Å². The van der Waals surface area contributed by atoms with Crippen molar-refractivity contribution in [3.05, 3.63) is 33.1 Å². The predicted octanol–water partition coefficient (Wildman–Crippen LogP) is -2.62. The minimum atomic E-state index is -3.93. The van der Waals surface area contributed by atoms with Crippen molar-refractivity contribution >= 4 is 18.5 Å². The standard InChI is InChI=1S/C9H13N2O8PS/c12-5-1-2-11(9(15)10-5)8-7(14)6(13)4(19-8)3-18-20(16,17)21/h1-2,4,6-8,13-14H,3H2,(H,10,12,15)(H2,16,17,21)/t4-,6-,7-,8-/m1/s1. The van der Waals surface area contributed by atoms with Crippen LogP contribution in [0.15, 0.2) is 21.9 Å². The molecule has 0 unspecified atom stereocenters. The highest BCUT2D eigenvalue weighted by atomic mass is 32.5. The zero-order valence-electron chi connectivity index (χ0n) is 10.4. The fraction of sp³-hybridized carbons (Fsp3) is 0.556. The highest BCUT2D eigenvalue weighted by Crippen LogP contribution is 2.38. The molecule has 1 aliphatic heterocycles. The van der Waals surface area contributed by atoms with Gasteiger partial charge in [0.05, 0.1) is 6.61 Å². The third-order valence-electron chi connectivity index (χ3n) is 2.87. The number of rotatable bonds is 4. The molecule has 4 atom stereocenters. The number of ether oxygens (including phenoxy) is 1. The molecule has 21 heavy (non-hydrogen) atoms. The molecule has 0 amide bonds. The van der Waals surface area contributed by atoms with Crippen molar-refractivity contribution < 1.29 is 29.3 Å². The van der Waals surface area contributed by atoms with Crippen molar-refractivity contribution in [2.45, 2.75) is 24.5 Å². The fourth-order valence-electron chi connectivity index (χ4n) is 1.89. The van der Waals surface area contributed by atoms with Crippen LogP contribution in [0, 0.1) is 0 Å². The first kappa shape index (κ1) is 16.5. The number of H-pyrrole nitrogens is 1. The summed E-state index contributed by atoms with van der Waals surface area (Å²) in [6, 6.07) is 1.05. The van der Waals surface area contributed by atoms with Crippen LogP contribution in [0.3, 0.4) is 0 Å². The van der Waals surface area contributed by atoms with Gasteiger partial charge in [-0.1, -0.05) is 0 Å². The second-order valence-corrected chi connectivity index (χ2v) is 7.02. The summed E-state index contributed by atoms with van der Waals surface area (Å²) in [5.74, 6) is 0. The number of hydrogen-bond acceptors (Lipinski definition) is 7. The number of aliphatic hydroxyl groups excluding tert-OH is 2. The molecule has 0 bridgehead atoms. The number of aromatic amines is 1. The molecule has 1 aliphatic rings. The van der Waals surface area contributed by atoms with Gasteiger partial charge < -0.3 is 29.3 Å². The van der Waals surface area contributed by atoms with Gasteiger partial charge in [0, 0.05) is 12.3 Å². The molecule has 118 valence electrons. The van der Waals surface area contributed by atoms with Gasteiger partial charge in [0.25, 0.3) is 5.56 Å². The summed E-state index contributed by atoms with van der Waals surface area (Å²) >= 11 is 4.25. The second-order valence-electron chi connectivity index (χ2n) is 4.35. The van der Waals surface area contributed by atoms with E-state index in [1.54, 1.807) is 0 Å². The molecule has 0 spiro atoms. The number of nitrogens with zero attached hydrogens (tertiary/aromatic N) is 1. The van der Waals surface area contributed by atoms with E-state index in [-0.39, 0.29) is 0 Å². The minimum absolute atomic E-state index is 0.475. The summed E-state index contributed by atoms with van der Waals surface area (Å²) in [5.41, 5.74) is -1.44. The maximum absolute atomic E-state index is 11.6. The van der Waals surface area contributed by atoms with Crippen LogP contribution in [0.5, 0.6) is 0 Å². The monoisotopic (exact) mass is 340 g/mol. The van der Waals surface area contributed by atoms with Gasteiger partial charge in [-0.2, -0.15) is 0 Å². The number of aromatic nitrogens is 2. The largest absolute Gasteiger partial charge is 0.387 e. The summed E-state index contributed by atoms with van der Waals surface area (Å²) < 4.78 is 10.7. The molecule has 1 fully saturated rings. The smallest absolute Gasteiger partial charge is 0.330 e. The Balaban J connectivity index is 2.18. The highest BCUT2D eigenvalue weighted by Gasteiger charge is 2.44. The van der Waals surface area contributed by atoms with E-state index in [1.165, 1.54) is 0 Å². The summed E-state index contributed by atoms with van der Waals surface area (Å²) in [7, 11) is 0. The first-order valence-electron chi connectivity index (χ1n) is 5.72. The van der Waals surface area contributed by atoms with Crippen LogP contribution in [-0.2, 0) is 21.1 Å². The first-order chi connectivity index (χ1) is 9.69. The first-order valence-corrected chi connectivity index (χ1v) is 8.35. The molecule has 0 radical (unpaired) electrons. The van der Waals surface area contributed by atoms with Gasteiger partial charge in [-0.05, 0) is 11.8 Å². The Labute approximate surface area is 122 Å². The summed E-state index contributed by atoms with van der Waals surface area (Å²) in [5, 5.41) is 19.7. The number of nitrogens with one attached hydrogen (secondary N) is 1. The van der Waals surface area contributed by atoms with E-state index in [9.17, 15) is 19.8 Å². The number of hydrogen-bond donors (Lipinski definition) is 5. The van der Waals surface area contributed by atoms with Crippen molar-refractivity contribution in [1.29, 1.82) is 0 Å². The van der Waals surface area contributed by atoms with Gasteiger partial charge in [0.15, 0.2) is 6.23 Å². The van der Waals surface area contributed by atoms with E-state index >= 15 is 0 Å². The molecule has 10 nitrogen and oxygen atoms in total. The van der Waals surface area contributed by atoms with Gasteiger partial charge in [0.1, 0.15) is 18.3 Å². The van der Waals surface area contributed by atoms with Crippen LogP contribution < -0.4 is 11.2 Å². The van der Waals surface area contributed by atoms with E-state index in [0.717, 1.165) is 16.8 Å². The number of aliphatic hydroxyl groups is 2. The zero-order chi connectivity index (χ0) is 15.8. The van der Waals surface area contributed by atoms with Crippen LogP contribution >= 0.6 is 6.72 Å². The lowest BCUT2D eigenvalue weighted by atomic mass is 10.1. The molecule has 1 aromatic rings. The van der Waals surface area contributed by atoms with E-state index in [1.807, 2.05) is 4.98 Å². The Morgan fingerprint density at radius 3 is 2.62 bits per heavy atom. The van der Waals surface area contributed by atoms with Crippen molar-refractivity contribution in [3.63, 3.8) is 0 Å². The Kier molecular flexibility index (Phi) is 4.76. The van der Waals surface area contributed by atoms with Crippen LogP contribution in [0.4, 0.5) is 0 Å². The predicted molar refractivity (Wildman–Crippen MR) is 71.9 cm³/mol. The molecule has 1 aromatic heterocycles. The minimum Gasteiger partial charge on any atom is -0.387 e. The lowest BCUT2D eigenvalue weighted by Crippen LogP contribution is -2.37. The molecule has 2 heterocycles. The Hall–Kier alpha value is -0.910. The van der Waals surface area contributed by atoms with Crippen LogP contribution in [-0.4, -0.2) is 54.5 Å². The second kappa shape index (κ2) is 6.07. The van der Waals surface area contributed by atoms with Gasteiger partial charge >= 0.3 is 12.4 Å². The highest BCUT2D eigenvalue weighted by molar-refractivity contribution is 8.06. The van der Waals surface area contributed by atoms with Gasteiger partial charge in [-0.15, -0.1) is 0 Å². The van der Waals surface area contributed by atoms with Crippen LogP contribution in [0.25, 0.3) is 0 Å². The molecule has 12 heteroatoms. The van der Waals surface area contributed by atoms with E-state index in [2.05, 4.69) is 16.3 Å². The van der Waals surface area contributed by atoms with Crippen molar-refractivity contribution in [1.82, 2.24) is 9.55 Å². The molecule has 2 rings (SSSR count). The van der Waals surface area contributed by atoms with Crippen LogP contribution in [0.2, 0.25) is 0 Å². The average Bonchev–Trinajstić information content (AvgIpc) is 2.64. The van der Waals surface area contributed by atoms with E-state index in [4.69, 9.17) is 14.5 Å². The lowest BCUT2D eigenvalue weighted by molar-refractivity contribution is -0.0527. The summed E-state index contributed by atoms with van der Waals surface area (Å²) in [4.78, 5) is 42.5. The van der Waals surface area contributed by atoms with Gasteiger partial charge in [-0.25, -0.2) is 4.79 Å². The summed E-state index contributed by atoms with van der Waals surface area (Å²) in [6.07, 6.45) is -4.18.